The zero-order valence-corrected chi connectivity index (χ0v) is 18.7. The molecule has 176 valence electrons. The lowest BCUT2D eigenvalue weighted by Gasteiger charge is -2.28. The van der Waals surface area contributed by atoms with Crippen molar-refractivity contribution < 1.29 is 22.3 Å². The van der Waals surface area contributed by atoms with Gasteiger partial charge in [-0.1, -0.05) is 55.7 Å². The molecule has 3 rings (SSSR count). The Balaban J connectivity index is 1.45. The van der Waals surface area contributed by atoms with E-state index in [1.807, 2.05) is 18.2 Å². The van der Waals surface area contributed by atoms with Gasteiger partial charge >= 0.3 is 12.5 Å². The molecule has 1 nitrogen and oxygen atoms in total. The molecule has 1 aliphatic rings. The van der Waals surface area contributed by atoms with E-state index in [0.717, 1.165) is 30.2 Å². The molecule has 0 radical (unpaired) electrons. The fraction of sp³-hybridized carbons (Fsp3) is 0.429. The van der Waals surface area contributed by atoms with Crippen molar-refractivity contribution in [3.63, 3.8) is 0 Å². The molecular formula is C28H30F4O. The Morgan fingerprint density at radius 3 is 1.91 bits per heavy atom. The van der Waals surface area contributed by atoms with E-state index in [1.54, 1.807) is 0 Å². The summed E-state index contributed by atoms with van der Waals surface area (Å²) in [4.78, 5) is 0. The Bertz CT molecular complexity index is 927. The van der Waals surface area contributed by atoms with Crippen molar-refractivity contribution in [2.24, 2.45) is 11.8 Å². The predicted octanol–water partition coefficient (Wildman–Crippen LogP) is 8.03. The van der Waals surface area contributed by atoms with Gasteiger partial charge in [0.15, 0.2) is 0 Å². The number of rotatable bonds is 8. The van der Waals surface area contributed by atoms with Gasteiger partial charge in [0.05, 0.1) is 0 Å². The van der Waals surface area contributed by atoms with Crippen molar-refractivity contribution in [1.29, 1.82) is 0 Å². The van der Waals surface area contributed by atoms with Gasteiger partial charge < -0.3 is 4.74 Å². The molecule has 0 N–H and O–H groups in total. The zero-order valence-electron chi connectivity index (χ0n) is 18.7. The third kappa shape index (κ3) is 8.28. The first-order chi connectivity index (χ1) is 15.8. The highest BCUT2D eigenvalue weighted by molar-refractivity contribution is 5.44. The Morgan fingerprint density at radius 1 is 0.879 bits per heavy atom. The molecule has 5 heteroatoms. The van der Waals surface area contributed by atoms with E-state index in [2.05, 4.69) is 35.3 Å². The summed E-state index contributed by atoms with van der Waals surface area (Å²) in [5, 5.41) is 0. The van der Waals surface area contributed by atoms with Crippen LogP contribution in [0.15, 0.2) is 61.2 Å². The van der Waals surface area contributed by atoms with Crippen LogP contribution in [-0.2, 0) is 6.42 Å². The lowest BCUT2D eigenvalue weighted by molar-refractivity contribution is -0.236. The van der Waals surface area contributed by atoms with Gasteiger partial charge in [-0.2, -0.15) is 17.6 Å². The summed E-state index contributed by atoms with van der Waals surface area (Å²) in [6.07, 6.45) is 3.70. The van der Waals surface area contributed by atoms with Crippen LogP contribution in [0.4, 0.5) is 17.6 Å². The van der Waals surface area contributed by atoms with Gasteiger partial charge in [-0.3, -0.25) is 0 Å². The average Bonchev–Trinajstić information content (AvgIpc) is 2.81. The van der Waals surface area contributed by atoms with Crippen molar-refractivity contribution in [2.45, 2.75) is 63.9 Å². The highest BCUT2D eigenvalue weighted by Gasteiger charge is 2.42. The Kier molecular flexibility index (Phi) is 9.00. The number of aryl methyl sites for hydroxylation is 1. The summed E-state index contributed by atoms with van der Waals surface area (Å²) in [5.74, 6) is 7.52. The van der Waals surface area contributed by atoms with Crippen LogP contribution in [0.5, 0.6) is 5.75 Å². The third-order valence-corrected chi connectivity index (χ3v) is 6.24. The number of hydrogen-bond donors (Lipinski definition) is 0. The van der Waals surface area contributed by atoms with Gasteiger partial charge in [0.1, 0.15) is 5.75 Å². The number of ether oxygens (including phenoxy) is 1. The van der Waals surface area contributed by atoms with Crippen molar-refractivity contribution in [2.75, 3.05) is 0 Å². The van der Waals surface area contributed by atoms with Gasteiger partial charge in [0.2, 0.25) is 0 Å². The molecule has 33 heavy (non-hydrogen) atoms. The molecule has 0 bridgehead atoms. The second-order valence-corrected chi connectivity index (χ2v) is 8.74. The summed E-state index contributed by atoms with van der Waals surface area (Å²) < 4.78 is 53.9. The average molecular weight is 459 g/mol. The monoisotopic (exact) mass is 458 g/mol. The summed E-state index contributed by atoms with van der Waals surface area (Å²) in [6, 6.07) is 13.8. The van der Waals surface area contributed by atoms with E-state index >= 15 is 0 Å². The molecule has 1 fully saturated rings. The fourth-order valence-electron chi connectivity index (χ4n) is 4.24. The molecule has 0 amide bonds. The largest absolute Gasteiger partial charge is 0.457 e. The molecule has 0 spiro atoms. The molecule has 1 unspecified atom stereocenters. The molecule has 1 saturated carbocycles. The van der Waals surface area contributed by atoms with Crippen LogP contribution < -0.4 is 4.74 Å². The van der Waals surface area contributed by atoms with Gasteiger partial charge in [-0.25, -0.2) is 0 Å². The van der Waals surface area contributed by atoms with E-state index in [1.165, 1.54) is 68.4 Å². The molecular weight excluding hydrogens is 428 g/mol. The number of allylic oxidation sites excluding steroid dienone is 1. The molecule has 0 aromatic heterocycles. The van der Waals surface area contributed by atoms with Crippen molar-refractivity contribution in [1.82, 2.24) is 0 Å². The first kappa shape index (κ1) is 24.9. The predicted molar refractivity (Wildman–Crippen MR) is 124 cm³/mol. The van der Waals surface area contributed by atoms with Crippen molar-refractivity contribution in [3.8, 4) is 17.6 Å². The van der Waals surface area contributed by atoms with Crippen LogP contribution in [0.25, 0.3) is 0 Å². The van der Waals surface area contributed by atoms with Crippen LogP contribution in [0.1, 0.15) is 61.6 Å². The third-order valence-electron chi connectivity index (χ3n) is 6.24. The fourth-order valence-corrected chi connectivity index (χ4v) is 4.24. The molecule has 1 aliphatic carbocycles. The summed E-state index contributed by atoms with van der Waals surface area (Å²) in [6.45, 7) is 3.82. The Labute approximate surface area is 193 Å². The standard InChI is InChI=1S/C28H30F4O/c1-2-3-4-21-5-7-22(8-6-21)9-10-23-11-13-24(14-12-23)15-16-25-17-19-26(20-18-25)33-27(29)28(30,31)32/h2,11-14,17-22,27H,1,3-10H2/t21-,22-,27?. The smallest absolute Gasteiger partial charge is 0.452 e. The maximum Gasteiger partial charge on any atom is 0.457 e. The molecule has 2 aromatic rings. The highest BCUT2D eigenvalue weighted by Crippen LogP contribution is 2.34. The molecule has 0 saturated heterocycles. The SMILES string of the molecule is C=CCC[C@H]1CC[C@H](CCc2ccc(C#Cc3ccc(OC(F)C(F)(F)F)cc3)cc2)CC1. The zero-order chi connectivity index (χ0) is 23.7. The molecule has 0 heterocycles. The first-order valence-electron chi connectivity index (χ1n) is 11.5. The van der Waals surface area contributed by atoms with Crippen LogP contribution in [0, 0.1) is 23.7 Å². The number of benzene rings is 2. The van der Waals surface area contributed by atoms with Gasteiger partial charge in [-0.05, 0) is 79.5 Å². The minimum atomic E-state index is -5.05. The number of alkyl halides is 4. The van der Waals surface area contributed by atoms with E-state index < -0.39 is 12.5 Å². The molecule has 2 aromatic carbocycles. The number of hydrogen-bond acceptors (Lipinski definition) is 1. The number of halogens is 4. The van der Waals surface area contributed by atoms with Crippen molar-refractivity contribution in [3.05, 3.63) is 77.9 Å². The summed E-state index contributed by atoms with van der Waals surface area (Å²) in [5.41, 5.74) is 2.78. The lowest BCUT2D eigenvalue weighted by Crippen LogP contribution is -2.29. The van der Waals surface area contributed by atoms with Gasteiger partial charge in [-0.15, -0.1) is 6.58 Å². The van der Waals surface area contributed by atoms with Crippen LogP contribution in [-0.4, -0.2) is 12.5 Å². The van der Waals surface area contributed by atoms with Crippen molar-refractivity contribution >= 4 is 0 Å². The van der Waals surface area contributed by atoms with Crippen LogP contribution in [0.2, 0.25) is 0 Å². The second-order valence-electron chi connectivity index (χ2n) is 8.74. The quantitative estimate of drug-likeness (QED) is 0.221. The Hall–Kier alpha value is -2.74. The lowest BCUT2D eigenvalue weighted by atomic mass is 9.78. The second kappa shape index (κ2) is 11.9. The minimum absolute atomic E-state index is 0.194. The maximum atomic E-state index is 12.9. The van der Waals surface area contributed by atoms with E-state index in [-0.39, 0.29) is 5.75 Å². The topological polar surface area (TPSA) is 9.23 Å². The van der Waals surface area contributed by atoms with E-state index in [0.29, 0.717) is 5.56 Å². The minimum Gasteiger partial charge on any atom is -0.452 e. The summed E-state index contributed by atoms with van der Waals surface area (Å²) >= 11 is 0. The first-order valence-corrected chi connectivity index (χ1v) is 11.5. The molecule has 1 atom stereocenters. The van der Waals surface area contributed by atoms with Gasteiger partial charge in [0.25, 0.3) is 0 Å². The highest BCUT2D eigenvalue weighted by atomic mass is 19.4. The van der Waals surface area contributed by atoms with E-state index in [9.17, 15) is 17.6 Å². The maximum absolute atomic E-state index is 12.9. The Morgan fingerprint density at radius 2 is 1.39 bits per heavy atom. The van der Waals surface area contributed by atoms with E-state index in [4.69, 9.17) is 0 Å². The molecule has 0 aliphatic heterocycles. The van der Waals surface area contributed by atoms with Crippen LogP contribution >= 0.6 is 0 Å². The van der Waals surface area contributed by atoms with Gasteiger partial charge in [0, 0.05) is 11.1 Å². The summed E-state index contributed by atoms with van der Waals surface area (Å²) in [7, 11) is 0. The van der Waals surface area contributed by atoms with Crippen LogP contribution in [0.3, 0.4) is 0 Å². The normalized spacial score (nSPS) is 19.3.